The summed E-state index contributed by atoms with van der Waals surface area (Å²) in [6.07, 6.45) is -4.24. The van der Waals surface area contributed by atoms with Crippen LogP contribution in [0.3, 0.4) is 0 Å². The molecule has 39 heavy (non-hydrogen) atoms. The van der Waals surface area contributed by atoms with Crippen LogP contribution in [0.1, 0.15) is 22.6 Å². The molecule has 0 aliphatic carbocycles. The van der Waals surface area contributed by atoms with Gasteiger partial charge in [-0.2, -0.15) is 13.2 Å². The zero-order chi connectivity index (χ0) is 28.1. The third-order valence-corrected chi connectivity index (χ3v) is 7.27. The monoisotopic (exact) mass is 560 g/mol. The number of ether oxygens (including phenoxy) is 2. The zero-order valence-electron chi connectivity index (χ0n) is 20.6. The van der Waals surface area contributed by atoms with Gasteiger partial charge in [0, 0.05) is 16.8 Å². The van der Waals surface area contributed by atoms with Crippen LogP contribution in [-0.4, -0.2) is 37.3 Å². The van der Waals surface area contributed by atoms with E-state index < -0.39 is 41.0 Å². The van der Waals surface area contributed by atoms with E-state index in [-0.39, 0.29) is 28.4 Å². The highest BCUT2D eigenvalue weighted by atomic mass is 35.5. The van der Waals surface area contributed by atoms with Crippen molar-refractivity contribution in [3.8, 4) is 5.75 Å². The quantitative estimate of drug-likeness (QED) is 0.263. The molecule has 0 aromatic heterocycles. The first-order valence-corrected chi connectivity index (χ1v) is 12.1. The summed E-state index contributed by atoms with van der Waals surface area (Å²) in [7, 11) is 2.53. The molecular weight excluding hydrogens is 540 g/mol. The Bertz CT molecular complexity index is 1470. The second-order valence-corrected chi connectivity index (χ2v) is 9.51. The van der Waals surface area contributed by atoms with E-state index in [9.17, 15) is 14.0 Å². The molecule has 3 aromatic rings. The SMILES string of the molecule is COC(=O)C1=CN2C(=O)N(Cc3ccc(OC)cc3)c3ccc(Cl)cc3[C@]2(C(F)(F)F)[C@@H]1c1ccc(F)cc1. The lowest BCUT2D eigenvalue weighted by atomic mass is 9.70. The van der Waals surface area contributed by atoms with E-state index in [4.69, 9.17) is 21.1 Å². The van der Waals surface area contributed by atoms with Gasteiger partial charge in [-0.25, -0.2) is 14.0 Å². The number of urea groups is 1. The molecule has 0 saturated carbocycles. The number of benzene rings is 3. The number of methoxy groups -OCH3 is 2. The van der Waals surface area contributed by atoms with Crippen LogP contribution in [-0.2, 0) is 21.6 Å². The van der Waals surface area contributed by atoms with Gasteiger partial charge in [-0.3, -0.25) is 9.80 Å². The van der Waals surface area contributed by atoms with Crippen molar-refractivity contribution < 1.29 is 36.6 Å². The molecule has 0 fully saturated rings. The van der Waals surface area contributed by atoms with Crippen LogP contribution in [0.4, 0.5) is 28.0 Å². The standard InChI is InChI=1S/C28H21ClF4N2O4/c1-38-20-10-3-16(4-11-20)14-34-23-12-7-18(29)13-22(23)27(28(31,32)33)24(17-5-8-19(30)9-6-17)21(25(36)39-2)15-35(27)26(34)37/h3-13,15,24H,14H2,1-2H3/t24-,27-/m1/s1. The average molecular weight is 561 g/mol. The molecule has 6 nitrogen and oxygen atoms in total. The minimum Gasteiger partial charge on any atom is -0.497 e. The normalized spacial score (nSPS) is 20.3. The topological polar surface area (TPSA) is 59.1 Å². The van der Waals surface area contributed by atoms with Crippen LogP contribution in [0, 0.1) is 5.82 Å². The van der Waals surface area contributed by atoms with Crippen molar-refractivity contribution in [2.75, 3.05) is 19.1 Å². The average Bonchev–Trinajstić information content (AvgIpc) is 3.29. The minimum absolute atomic E-state index is 0.000413. The Morgan fingerprint density at radius 1 is 1.03 bits per heavy atom. The maximum absolute atomic E-state index is 15.5. The lowest BCUT2D eigenvalue weighted by Crippen LogP contribution is -2.63. The summed E-state index contributed by atoms with van der Waals surface area (Å²) in [5, 5.41) is 0.000413. The third kappa shape index (κ3) is 4.10. The lowest BCUT2D eigenvalue weighted by Gasteiger charge is -2.50. The first-order chi connectivity index (χ1) is 18.5. The minimum atomic E-state index is -5.11. The van der Waals surface area contributed by atoms with Crippen LogP contribution in [0.25, 0.3) is 0 Å². The lowest BCUT2D eigenvalue weighted by molar-refractivity contribution is -0.223. The van der Waals surface area contributed by atoms with Gasteiger partial charge in [-0.15, -0.1) is 0 Å². The second-order valence-electron chi connectivity index (χ2n) is 9.07. The number of halogens is 5. The van der Waals surface area contributed by atoms with Crippen LogP contribution < -0.4 is 9.64 Å². The number of carbonyl (C=O) groups excluding carboxylic acids is 2. The van der Waals surface area contributed by atoms with Gasteiger partial charge < -0.3 is 9.47 Å². The molecule has 0 bridgehead atoms. The van der Waals surface area contributed by atoms with Gasteiger partial charge >= 0.3 is 18.2 Å². The van der Waals surface area contributed by atoms with E-state index in [1.165, 1.54) is 24.1 Å². The van der Waals surface area contributed by atoms with E-state index in [1.807, 2.05) is 0 Å². The number of nitrogens with zero attached hydrogens (tertiary/aromatic N) is 2. The van der Waals surface area contributed by atoms with E-state index in [0.29, 0.717) is 16.2 Å². The number of alkyl halides is 3. The molecule has 2 atom stereocenters. The van der Waals surface area contributed by atoms with Gasteiger partial charge in [-0.1, -0.05) is 35.9 Å². The van der Waals surface area contributed by atoms with Gasteiger partial charge in [0.1, 0.15) is 11.6 Å². The zero-order valence-corrected chi connectivity index (χ0v) is 21.4. The number of esters is 1. The fourth-order valence-corrected chi connectivity index (χ4v) is 5.51. The van der Waals surface area contributed by atoms with Crippen molar-refractivity contribution >= 4 is 29.3 Å². The highest BCUT2D eigenvalue weighted by molar-refractivity contribution is 6.30. The number of amides is 2. The van der Waals surface area contributed by atoms with E-state index in [1.54, 1.807) is 24.3 Å². The summed E-state index contributed by atoms with van der Waals surface area (Å²) in [5.41, 5.74) is -3.25. The number of anilines is 1. The van der Waals surface area contributed by atoms with Gasteiger partial charge in [0.15, 0.2) is 5.54 Å². The molecule has 5 rings (SSSR count). The largest absolute Gasteiger partial charge is 0.497 e. The predicted molar refractivity (Wildman–Crippen MR) is 135 cm³/mol. The molecule has 2 aliphatic heterocycles. The number of fused-ring (bicyclic) bond motifs is 3. The molecule has 0 unspecified atom stereocenters. The second kappa shape index (κ2) is 9.60. The number of carbonyl (C=O) groups is 2. The van der Waals surface area contributed by atoms with Crippen molar-refractivity contribution in [2.24, 2.45) is 0 Å². The Hall–Kier alpha value is -4.05. The fourth-order valence-electron chi connectivity index (χ4n) is 5.34. The highest BCUT2D eigenvalue weighted by Crippen LogP contribution is 2.63. The molecule has 0 radical (unpaired) electrons. The summed E-state index contributed by atoms with van der Waals surface area (Å²) in [4.78, 5) is 28.5. The Morgan fingerprint density at radius 3 is 2.28 bits per heavy atom. The van der Waals surface area contributed by atoms with Crippen molar-refractivity contribution in [1.29, 1.82) is 0 Å². The summed E-state index contributed by atoms with van der Waals surface area (Å²) in [6.45, 7) is -0.0789. The van der Waals surface area contributed by atoms with Crippen LogP contribution in [0.2, 0.25) is 5.02 Å². The van der Waals surface area contributed by atoms with E-state index >= 15 is 13.2 Å². The molecule has 2 heterocycles. The molecule has 0 spiro atoms. The Kier molecular flexibility index (Phi) is 6.54. The molecule has 3 aromatic carbocycles. The van der Waals surface area contributed by atoms with Crippen LogP contribution in [0.15, 0.2) is 78.5 Å². The molecule has 0 N–H and O–H groups in total. The van der Waals surface area contributed by atoms with Crippen LogP contribution in [0.5, 0.6) is 5.75 Å². The van der Waals surface area contributed by atoms with Crippen LogP contribution >= 0.6 is 11.6 Å². The first-order valence-electron chi connectivity index (χ1n) is 11.7. The maximum Gasteiger partial charge on any atom is 0.417 e. The van der Waals surface area contributed by atoms with Gasteiger partial charge in [-0.05, 0) is 53.6 Å². The summed E-state index contributed by atoms with van der Waals surface area (Å²) in [5.74, 6) is -2.93. The van der Waals surface area contributed by atoms with Crippen molar-refractivity contribution in [3.63, 3.8) is 0 Å². The number of hydrogen-bond donors (Lipinski definition) is 0. The molecular formula is C28H21ClF4N2O4. The molecule has 2 amide bonds. The van der Waals surface area contributed by atoms with Gasteiger partial charge in [0.2, 0.25) is 0 Å². The van der Waals surface area contributed by atoms with Crippen molar-refractivity contribution in [3.05, 3.63) is 106 Å². The van der Waals surface area contributed by atoms with E-state index in [0.717, 1.165) is 43.6 Å². The molecule has 202 valence electrons. The van der Waals surface area contributed by atoms with Crippen molar-refractivity contribution in [1.82, 2.24) is 4.90 Å². The Labute approximate surface area is 226 Å². The third-order valence-electron chi connectivity index (χ3n) is 7.03. The van der Waals surface area contributed by atoms with Crippen molar-refractivity contribution in [2.45, 2.75) is 24.2 Å². The van der Waals surface area contributed by atoms with Gasteiger partial charge in [0.05, 0.1) is 37.9 Å². The Balaban J connectivity index is 1.78. The molecule has 0 saturated heterocycles. The van der Waals surface area contributed by atoms with Gasteiger partial charge in [0.25, 0.3) is 0 Å². The number of hydrogen-bond acceptors (Lipinski definition) is 4. The maximum atomic E-state index is 15.5. The summed E-state index contributed by atoms with van der Waals surface area (Å²) < 4.78 is 70.4. The summed E-state index contributed by atoms with van der Waals surface area (Å²) >= 11 is 6.24. The number of rotatable bonds is 5. The smallest absolute Gasteiger partial charge is 0.417 e. The summed E-state index contributed by atoms with van der Waals surface area (Å²) in [6, 6.07) is 13.9. The highest BCUT2D eigenvalue weighted by Gasteiger charge is 2.72. The Morgan fingerprint density at radius 2 is 1.69 bits per heavy atom. The fraction of sp³-hybridized carbons (Fsp3) is 0.214. The predicted octanol–water partition coefficient (Wildman–Crippen LogP) is 6.54. The molecule has 2 aliphatic rings. The molecule has 11 heteroatoms. The van der Waals surface area contributed by atoms with E-state index in [2.05, 4.69) is 0 Å². The first kappa shape index (κ1) is 26.6.